The average molecular weight is 204 g/mol. The molecule has 0 aliphatic heterocycles. The second kappa shape index (κ2) is 5.35. The van der Waals surface area contributed by atoms with Crippen LogP contribution in [-0.2, 0) is 11.2 Å². The first-order valence-corrected chi connectivity index (χ1v) is 5.12. The molecule has 0 aliphatic rings. The standard InChI is InChI=1S/C13H16O2/c1-3-4-11-5-7-12(8-6-11)10(2)9-13(14)15/h5-8H,2-4,9H2,1H3,(H,14,15). The molecule has 0 bridgehead atoms. The van der Waals surface area contributed by atoms with E-state index in [9.17, 15) is 4.79 Å². The molecule has 1 aromatic carbocycles. The maximum Gasteiger partial charge on any atom is 0.307 e. The molecular weight excluding hydrogens is 188 g/mol. The molecule has 0 spiro atoms. The summed E-state index contributed by atoms with van der Waals surface area (Å²) in [6.07, 6.45) is 2.19. The molecule has 15 heavy (non-hydrogen) atoms. The van der Waals surface area contributed by atoms with E-state index in [2.05, 4.69) is 13.5 Å². The maximum absolute atomic E-state index is 10.5. The molecule has 0 aliphatic carbocycles. The van der Waals surface area contributed by atoms with Gasteiger partial charge in [0.2, 0.25) is 0 Å². The molecule has 1 rings (SSSR count). The van der Waals surface area contributed by atoms with E-state index in [-0.39, 0.29) is 6.42 Å². The van der Waals surface area contributed by atoms with Crippen LogP contribution < -0.4 is 0 Å². The largest absolute Gasteiger partial charge is 0.481 e. The molecule has 0 amide bonds. The maximum atomic E-state index is 10.5. The third-order valence-electron chi connectivity index (χ3n) is 2.27. The van der Waals surface area contributed by atoms with Gasteiger partial charge in [-0.05, 0) is 23.1 Å². The molecular formula is C13H16O2. The van der Waals surface area contributed by atoms with Crippen LogP contribution in [0.25, 0.3) is 5.57 Å². The van der Waals surface area contributed by atoms with Crippen molar-refractivity contribution in [3.63, 3.8) is 0 Å². The number of aryl methyl sites for hydroxylation is 1. The number of aliphatic carboxylic acids is 1. The van der Waals surface area contributed by atoms with Gasteiger partial charge in [-0.25, -0.2) is 0 Å². The highest BCUT2D eigenvalue weighted by Gasteiger charge is 2.03. The Morgan fingerprint density at radius 1 is 1.33 bits per heavy atom. The van der Waals surface area contributed by atoms with Crippen molar-refractivity contribution in [3.8, 4) is 0 Å². The van der Waals surface area contributed by atoms with Crippen molar-refractivity contribution in [3.05, 3.63) is 42.0 Å². The second-order valence-corrected chi connectivity index (χ2v) is 3.62. The van der Waals surface area contributed by atoms with Gasteiger partial charge in [0, 0.05) is 0 Å². The van der Waals surface area contributed by atoms with Crippen molar-refractivity contribution in [2.24, 2.45) is 0 Å². The fraction of sp³-hybridized carbons (Fsp3) is 0.308. The van der Waals surface area contributed by atoms with Crippen LogP contribution in [-0.4, -0.2) is 11.1 Å². The zero-order valence-electron chi connectivity index (χ0n) is 8.99. The highest BCUT2D eigenvalue weighted by molar-refractivity contribution is 5.82. The number of carboxylic acids is 1. The van der Waals surface area contributed by atoms with Crippen molar-refractivity contribution in [1.82, 2.24) is 0 Å². The Morgan fingerprint density at radius 2 is 1.93 bits per heavy atom. The highest BCUT2D eigenvalue weighted by Crippen LogP contribution is 2.17. The Labute approximate surface area is 90.3 Å². The van der Waals surface area contributed by atoms with Gasteiger partial charge in [-0.2, -0.15) is 0 Å². The molecule has 0 aromatic heterocycles. The van der Waals surface area contributed by atoms with Gasteiger partial charge in [0.15, 0.2) is 0 Å². The summed E-state index contributed by atoms with van der Waals surface area (Å²) in [6, 6.07) is 7.95. The minimum Gasteiger partial charge on any atom is -0.481 e. The summed E-state index contributed by atoms with van der Waals surface area (Å²) in [7, 11) is 0. The van der Waals surface area contributed by atoms with Crippen LogP contribution in [0.2, 0.25) is 0 Å². The first-order chi connectivity index (χ1) is 7.13. The van der Waals surface area contributed by atoms with Crippen molar-refractivity contribution in [1.29, 1.82) is 0 Å². The molecule has 1 N–H and O–H groups in total. The van der Waals surface area contributed by atoms with Crippen LogP contribution in [0, 0.1) is 0 Å². The van der Waals surface area contributed by atoms with Crippen LogP contribution in [0.3, 0.4) is 0 Å². The highest BCUT2D eigenvalue weighted by atomic mass is 16.4. The van der Waals surface area contributed by atoms with Gasteiger partial charge in [0.1, 0.15) is 0 Å². The lowest BCUT2D eigenvalue weighted by Crippen LogP contribution is -1.96. The van der Waals surface area contributed by atoms with Crippen molar-refractivity contribution >= 4 is 11.5 Å². The molecule has 2 heteroatoms. The summed E-state index contributed by atoms with van der Waals surface area (Å²) in [6.45, 7) is 5.90. The third kappa shape index (κ3) is 3.58. The lowest BCUT2D eigenvalue weighted by atomic mass is 10.0. The van der Waals surface area contributed by atoms with Gasteiger partial charge in [-0.1, -0.05) is 44.2 Å². The SMILES string of the molecule is C=C(CC(=O)O)c1ccc(CCC)cc1. The van der Waals surface area contributed by atoms with Crippen LogP contribution in [0.4, 0.5) is 0 Å². The predicted octanol–water partition coefficient (Wildman–Crippen LogP) is 3.13. The van der Waals surface area contributed by atoms with Crippen molar-refractivity contribution < 1.29 is 9.90 Å². The minimum atomic E-state index is -0.836. The van der Waals surface area contributed by atoms with Crippen LogP contribution >= 0.6 is 0 Å². The number of hydrogen-bond acceptors (Lipinski definition) is 1. The minimum absolute atomic E-state index is 0.00707. The van der Waals surface area contributed by atoms with Gasteiger partial charge in [-0.3, -0.25) is 4.79 Å². The Bertz CT molecular complexity index is 349. The number of hydrogen-bond donors (Lipinski definition) is 1. The summed E-state index contributed by atoms with van der Waals surface area (Å²) in [5, 5.41) is 8.62. The topological polar surface area (TPSA) is 37.3 Å². The molecule has 0 atom stereocenters. The van der Waals surface area contributed by atoms with E-state index in [0.29, 0.717) is 5.57 Å². The number of carbonyl (C=O) groups is 1. The zero-order valence-corrected chi connectivity index (χ0v) is 8.99. The van der Waals surface area contributed by atoms with E-state index in [0.717, 1.165) is 18.4 Å². The second-order valence-electron chi connectivity index (χ2n) is 3.62. The van der Waals surface area contributed by atoms with Gasteiger partial charge in [0.05, 0.1) is 6.42 Å². The van der Waals surface area contributed by atoms with Gasteiger partial charge >= 0.3 is 5.97 Å². The monoisotopic (exact) mass is 204 g/mol. The normalized spacial score (nSPS) is 9.93. The lowest BCUT2D eigenvalue weighted by molar-refractivity contribution is -0.135. The Morgan fingerprint density at radius 3 is 2.40 bits per heavy atom. The summed E-state index contributed by atoms with van der Waals surface area (Å²) in [4.78, 5) is 10.5. The van der Waals surface area contributed by atoms with Gasteiger partial charge in [-0.15, -0.1) is 0 Å². The van der Waals surface area contributed by atoms with Gasteiger partial charge < -0.3 is 5.11 Å². The molecule has 0 heterocycles. The lowest BCUT2D eigenvalue weighted by Gasteiger charge is -2.04. The molecule has 0 saturated heterocycles. The molecule has 0 saturated carbocycles. The first kappa shape index (κ1) is 11.5. The molecule has 1 aromatic rings. The van der Waals surface area contributed by atoms with Crippen molar-refractivity contribution in [2.45, 2.75) is 26.2 Å². The van der Waals surface area contributed by atoms with E-state index < -0.39 is 5.97 Å². The number of benzene rings is 1. The molecule has 80 valence electrons. The molecule has 0 radical (unpaired) electrons. The molecule has 0 unspecified atom stereocenters. The molecule has 2 nitrogen and oxygen atoms in total. The Hall–Kier alpha value is -1.57. The van der Waals surface area contributed by atoms with E-state index in [1.807, 2.05) is 24.3 Å². The van der Waals surface area contributed by atoms with E-state index in [4.69, 9.17) is 5.11 Å². The van der Waals surface area contributed by atoms with Crippen LogP contribution in [0.15, 0.2) is 30.8 Å². The number of rotatable bonds is 5. The predicted molar refractivity (Wildman–Crippen MR) is 61.7 cm³/mol. The van der Waals surface area contributed by atoms with Crippen LogP contribution in [0.1, 0.15) is 30.9 Å². The number of carboxylic acid groups (broad SMARTS) is 1. The smallest absolute Gasteiger partial charge is 0.307 e. The third-order valence-corrected chi connectivity index (χ3v) is 2.27. The Kier molecular flexibility index (Phi) is 4.10. The van der Waals surface area contributed by atoms with E-state index in [1.165, 1.54) is 5.56 Å². The average Bonchev–Trinajstić information content (AvgIpc) is 2.18. The summed E-state index contributed by atoms with van der Waals surface area (Å²) in [5.41, 5.74) is 2.85. The fourth-order valence-electron chi connectivity index (χ4n) is 1.48. The summed E-state index contributed by atoms with van der Waals surface area (Å²) >= 11 is 0. The van der Waals surface area contributed by atoms with Crippen LogP contribution in [0.5, 0.6) is 0 Å². The van der Waals surface area contributed by atoms with Gasteiger partial charge in [0.25, 0.3) is 0 Å². The van der Waals surface area contributed by atoms with E-state index >= 15 is 0 Å². The quantitative estimate of drug-likeness (QED) is 0.800. The van der Waals surface area contributed by atoms with E-state index in [1.54, 1.807) is 0 Å². The zero-order chi connectivity index (χ0) is 11.3. The molecule has 0 fully saturated rings. The van der Waals surface area contributed by atoms with Crippen molar-refractivity contribution in [2.75, 3.05) is 0 Å². The fourth-order valence-corrected chi connectivity index (χ4v) is 1.48. The Balaban J connectivity index is 2.71. The first-order valence-electron chi connectivity index (χ1n) is 5.12. The summed E-state index contributed by atoms with van der Waals surface area (Å²) in [5.74, 6) is -0.836. The summed E-state index contributed by atoms with van der Waals surface area (Å²) < 4.78 is 0.